The molecular weight excluding hydrogens is 402 g/mol. The molecule has 1 aromatic carbocycles. The number of esters is 1. The van der Waals surface area contributed by atoms with Gasteiger partial charge in [0.2, 0.25) is 0 Å². The fraction of sp³-hybridized carbons (Fsp3) is 0.455. The number of aromatic nitrogens is 2. The van der Waals surface area contributed by atoms with E-state index in [4.69, 9.17) is 19.2 Å². The van der Waals surface area contributed by atoms with Crippen LogP contribution in [0.15, 0.2) is 18.2 Å². The Morgan fingerprint density at radius 1 is 1.20 bits per heavy atom. The molecule has 1 saturated carbocycles. The smallest absolute Gasteiger partial charge is 0.350 e. The fourth-order valence-electron chi connectivity index (χ4n) is 3.97. The van der Waals surface area contributed by atoms with Crippen molar-refractivity contribution in [3.05, 3.63) is 28.8 Å². The van der Waals surface area contributed by atoms with Gasteiger partial charge in [0.15, 0.2) is 4.96 Å². The number of nitrogens with zero attached hydrogens (tertiary/aromatic N) is 2. The van der Waals surface area contributed by atoms with Gasteiger partial charge in [0.25, 0.3) is 0 Å². The monoisotopic (exact) mass is 429 g/mol. The van der Waals surface area contributed by atoms with Crippen LogP contribution in [0.25, 0.3) is 16.2 Å². The summed E-state index contributed by atoms with van der Waals surface area (Å²) in [4.78, 5) is 18.6. The number of carbonyl (C=O) groups is 1. The topological polar surface area (TPSA) is 74.1 Å². The van der Waals surface area contributed by atoms with Crippen LogP contribution in [0, 0.1) is 6.92 Å². The van der Waals surface area contributed by atoms with Crippen molar-refractivity contribution in [3.63, 3.8) is 0 Å². The Hall–Kier alpha value is -2.74. The molecule has 1 aliphatic carbocycles. The summed E-state index contributed by atoms with van der Waals surface area (Å²) >= 11 is 1.35. The third kappa shape index (κ3) is 3.71. The van der Waals surface area contributed by atoms with Crippen LogP contribution >= 0.6 is 11.3 Å². The molecule has 1 N–H and O–H groups in total. The number of carbonyl (C=O) groups excluding carboxylic acids is 1. The van der Waals surface area contributed by atoms with Gasteiger partial charge in [0.1, 0.15) is 27.9 Å². The van der Waals surface area contributed by atoms with Gasteiger partial charge in [-0.3, -0.25) is 4.40 Å². The standard InChI is InChI=1S/C22H27N3O4S/c1-5-29-21(26)19-13(2)25-20(23-15-8-6-7-9-15)18(24-22(25)30-19)14-10-16(27-3)12-17(11-14)28-4/h10-12,15,23H,5-9H2,1-4H3. The zero-order valence-electron chi connectivity index (χ0n) is 17.8. The van der Waals surface area contributed by atoms with Gasteiger partial charge in [-0.25, -0.2) is 9.78 Å². The molecule has 2 heterocycles. The molecule has 1 aliphatic rings. The van der Waals surface area contributed by atoms with E-state index >= 15 is 0 Å². The van der Waals surface area contributed by atoms with E-state index in [0.717, 1.165) is 40.6 Å². The summed E-state index contributed by atoms with van der Waals surface area (Å²) < 4.78 is 18.2. The van der Waals surface area contributed by atoms with Crippen LogP contribution in [-0.2, 0) is 4.74 Å². The first-order chi connectivity index (χ1) is 14.5. The summed E-state index contributed by atoms with van der Waals surface area (Å²) in [6.45, 7) is 4.10. The van der Waals surface area contributed by atoms with Gasteiger partial charge in [-0.1, -0.05) is 24.2 Å². The number of methoxy groups -OCH3 is 2. The normalized spacial score (nSPS) is 14.3. The van der Waals surface area contributed by atoms with Crippen molar-refractivity contribution in [3.8, 4) is 22.8 Å². The molecule has 0 saturated heterocycles. The molecular formula is C22H27N3O4S. The van der Waals surface area contributed by atoms with Crippen LogP contribution in [0.2, 0.25) is 0 Å². The second-order valence-corrected chi connectivity index (χ2v) is 8.37. The predicted octanol–water partition coefficient (Wildman–Crippen LogP) is 4.92. The van der Waals surface area contributed by atoms with E-state index < -0.39 is 0 Å². The number of anilines is 1. The predicted molar refractivity (Wildman–Crippen MR) is 118 cm³/mol. The van der Waals surface area contributed by atoms with Crippen LogP contribution in [0.4, 0.5) is 5.82 Å². The van der Waals surface area contributed by atoms with Crippen LogP contribution in [0.5, 0.6) is 11.5 Å². The van der Waals surface area contributed by atoms with Crippen molar-refractivity contribution in [2.45, 2.75) is 45.6 Å². The number of ether oxygens (including phenoxy) is 3. The summed E-state index contributed by atoms with van der Waals surface area (Å²) in [6, 6.07) is 6.14. The van der Waals surface area contributed by atoms with E-state index in [1.165, 1.54) is 24.2 Å². The molecule has 30 heavy (non-hydrogen) atoms. The highest BCUT2D eigenvalue weighted by Gasteiger charge is 2.26. The van der Waals surface area contributed by atoms with Crippen LogP contribution < -0.4 is 14.8 Å². The van der Waals surface area contributed by atoms with Gasteiger partial charge in [-0.05, 0) is 38.8 Å². The Balaban J connectivity index is 1.87. The summed E-state index contributed by atoms with van der Waals surface area (Å²) in [7, 11) is 3.27. The molecule has 8 heteroatoms. The highest BCUT2D eigenvalue weighted by Crippen LogP contribution is 2.39. The van der Waals surface area contributed by atoms with Gasteiger partial charge >= 0.3 is 5.97 Å². The minimum absolute atomic E-state index is 0.304. The average molecular weight is 430 g/mol. The molecule has 1 fully saturated rings. The first-order valence-corrected chi connectivity index (χ1v) is 11.1. The van der Waals surface area contributed by atoms with E-state index in [-0.39, 0.29) is 5.97 Å². The van der Waals surface area contributed by atoms with Crippen LogP contribution in [0.1, 0.15) is 48.0 Å². The quantitative estimate of drug-likeness (QED) is 0.538. The molecule has 0 bridgehead atoms. The fourth-order valence-corrected chi connectivity index (χ4v) is 4.99. The molecule has 0 amide bonds. The lowest BCUT2D eigenvalue weighted by molar-refractivity contribution is 0.0531. The van der Waals surface area contributed by atoms with Gasteiger partial charge in [-0.2, -0.15) is 0 Å². The van der Waals surface area contributed by atoms with E-state index in [2.05, 4.69) is 5.32 Å². The maximum Gasteiger partial charge on any atom is 0.350 e. The van der Waals surface area contributed by atoms with Gasteiger partial charge in [-0.15, -0.1) is 0 Å². The van der Waals surface area contributed by atoms with Crippen LogP contribution in [-0.4, -0.2) is 42.2 Å². The number of hydrogen-bond acceptors (Lipinski definition) is 7. The zero-order chi connectivity index (χ0) is 21.3. The highest BCUT2D eigenvalue weighted by atomic mass is 32.1. The Bertz CT molecular complexity index is 1040. The number of benzene rings is 1. The highest BCUT2D eigenvalue weighted by molar-refractivity contribution is 7.19. The lowest BCUT2D eigenvalue weighted by Crippen LogP contribution is -2.17. The Labute approximate surface area is 180 Å². The minimum Gasteiger partial charge on any atom is -0.497 e. The Morgan fingerprint density at radius 2 is 1.87 bits per heavy atom. The summed E-state index contributed by atoms with van der Waals surface area (Å²) in [5.41, 5.74) is 2.56. The third-order valence-corrected chi connectivity index (χ3v) is 6.61. The molecule has 4 rings (SSSR count). The Morgan fingerprint density at radius 3 is 2.47 bits per heavy atom. The number of imidazole rings is 1. The summed E-state index contributed by atoms with van der Waals surface area (Å²) in [5.74, 6) is 2.01. The second-order valence-electron chi connectivity index (χ2n) is 7.39. The number of aryl methyl sites for hydroxylation is 1. The lowest BCUT2D eigenvalue weighted by atomic mass is 10.1. The third-order valence-electron chi connectivity index (χ3n) is 5.49. The molecule has 3 aromatic rings. The van der Waals surface area contributed by atoms with E-state index in [1.807, 2.05) is 36.4 Å². The largest absolute Gasteiger partial charge is 0.497 e. The van der Waals surface area contributed by atoms with E-state index in [0.29, 0.717) is 29.0 Å². The van der Waals surface area contributed by atoms with Gasteiger partial charge in [0, 0.05) is 23.4 Å². The number of hydrogen-bond donors (Lipinski definition) is 1. The molecule has 0 radical (unpaired) electrons. The van der Waals surface area contributed by atoms with Gasteiger partial charge < -0.3 is 19.5 Å². The van der Waals surface area contributed by atoms with Gasteiger partial charge in [0.05, 0.1) is 20.8 Å². The molecule has 2 aromatic heterocycles. The Kier molecular flexibility index (Phi) is 5.85. The number of fused-ring (bicyclic) bond motifs is 1. The minimum atomic E-state index is -0.304. The SMILES string of the molecule is CCOC(=O)c1sc2nc(-c3cc(OC)cc(OC)c3)c(NC3CCCC3)n2c1C. The maximum absolute atomic E-state index is 12.4. The van der Waals surface area contributed by atoms with E-state index in [1.54, 1.807) is 14.2 Å². The van der Waals surface area contributed by atoms with Crippen molar-refractivity contribution in [1.29, 1.82) is 0 Å². The van der Waals surface area contributed by atoms with Crippen molar-refractivity contribution in [2.75, 3.05) is 26.1 Å². The van der Waals surface area contributed by atoms with Crippen molar-refractivity contribution in [2.24, 2.45) is 0 Å². The van der Waals surface area contributed by atoms with Crippen LogP contribution in [0.3, 0.4) is 0 Å². The second kappa shape index (κ2) is 8.55. The number of nitrogens with one attached hydrogen (secondary N) is 1. The summed E-state index contributed by atoms with van der Waals surface area (Å²) in [6.07, 6.45) is 4.70. The maximum atomic E-state index is 12.4. The summed E-state index contributed by atoms with van der Waals surface area (Å²) in [5, 5.41) is 3.70. The number of rotatable bonds is 7. The number of thiazole rings is 1. The zero-order valence-corrected chi connectivity index (χ0v) is 18.6. The van der Waals surface area contributed by atoms with E-state index in [9.17, 15) is 4.79 Å². The molecule has 7 nitrogen and oxygen atoms in total. The first kappa shape index (κ1) is 20.5. The molecule has 0 spiro atoms. The average Bonchev–Trinajstić information content (AvgIpc) is 3.46. The van der Waals surface area contributed by atoms with Crippen molar-refractivity contribution < 1.29 is 19.0 Å². The van der Waals surface area contributed by atoms with Crippen molar-refractivity contribution in [1.82, 2.24) is 9.38 Å². The lowest BCUT2D eigenvalue weighted by Gasteiger charge is -2.16. The first-order valence-electron chi connectivity index (χ1n) is 10.2. The molecule has 0 aliphatic heterocycles. The molecule has 0 unspecified atom stereocenters. The molecule has 0 atom stereocenters. The molecule has 160 valence electrons. The van der Waals surface area contributed by atoms with Crippen molar-refractivity contribution >= 4 is 28.1 Å².